The molecule has 0 fully saturated rings. The van der Waals surface area contributed by atoms with Crippen LogP contribution in [0.25, 0.3) is 54.9 Å². The Morgan fingerprint density at radius 1 is 0.382 bits per heavy atom. The maximum absolute atomic E-state index is 3.76. The third-order valence-corrected chi connectivity index (χ3v) is 11.4. The summed E-state index contributed by atoms with van der Waals surface area (Å²) in [5, 5.41) is 8.75. The summed E-state index contributed by atoms with van der Waals surface area (Å²) >= 11 is 0. The van der Waals surface area contributed by atoms with Crippen molar-refractivity contribution in [2.24, 2.45) is 0 Å². The molecule has 0 aromatic heterocycles. The largest absolute Gasteiger partial charge is 0.355 e. The Labute approximate surface area is 323 Å². The van der Waals surface area contributed by atoms with Gasteiger partial charge in [0, 0.05) is 39.4 Å². The fraction of sp³-hybridized carbons (Fsp3) is 0.0566. The van der Waals surface area contributed by atoms with Crippen molar-refractivity contribution in [2.75, 3.05) is 10.2 Å². The van der Waals surface area contributed by atoms with Crippen molar-refractivity contribution in [3.63, 3.8) is 0 Å². The fourth-order valence-corrected chi connectivity index (χ4v) is 8.59. The molecule has 0 amide bonds. The Morgan fingerprint density at radius 3 is 1.78 bits per heavy atom. The highest BCUT2D eigenvalue weighted by Crippen LogP contribution is 2.50. The van der Waals surface area contributed by atoms with Crippen LogP contribution in [0.1, 0.15) is 25.0 Å². The Hall–Kier alpha value is -6.90. The third kappa shape index (κ3) is 5.75. The molecule has 9 aromatic rings. The number of fused-ring (bicyclic) bond motifs is 5. The first-order chi connectivity index (χ1) is 27.0. The monoisotopic (exact) mass is 704 g/mol. The van der Waals surface area contributed by atoms with E-state index in [-0.39, 0.29) is 5.41 Å². The summed E-state index contributed by atoms with van der Waals surface area (Å²) in [4.78, 5) is 2.39. The van der Waals surface area contributed by atoms with Gasteiger partial charge >= 0.3 is 0 Å². The number of hydrogen-bond acceptors (Lipinski definition) is 2. The van der Waals surface area contributed by atoms with Crippen molar-refractivity contribution in [1.82, 2.24) is 0 Å². The van der Waals surface area contributed by atoms with Crippen LogP contribution in [0.2, 0.25) is 0 Å². The van der Waals surface area contributed by atoms with Gasteiger partial charge in [0.1, 0.15) is 0 Å². The van der Waals surface area contributed by atoms with Crippen molar-refractivity contribution in [2.45, 2.75) is 19.3 Å². The molecule has 1 aliphatic rings. The van der Waals surface area contributed by atoms with E-state index in [1.165, 1.54) is 66.1 Å². The van der Waals surface area contributed by atoms with Gasteiger partial charge in [0.05, 0.1) is 0 Å². The quantitative estimate of drug-likeness (QED) is 0.178. The highest BCUT2D eigenvalue weighted by Gasteiger charge is 2.35. The van der Waals surface area contributed by atoms with Gasteiger partial charge in [-0.15, -0.1) is 0 Å². The van der Waals surface area contributed by atoms with Crippen molar-refractivity contribution in [3.8, 4) is 33.4 Å². The van der Waals surface area contributed by atoms with E-state index in [2.05, 4.69) is 224 Å². The first-order valence-corrected chi connectivity index (χ1v) is 19.1. The number of anilines is 5. The van der Waals surface area contributed by atoms with Gasteiger partial charge < -0.3 is 10.2 Å². The molecule has 0 saturated carbocycles. The Bertz CT molecular complexity index is 2860. The predicted molar refractivity (Wildman–Crippen MR) is 234 cm³/mol. The number of nitrogens with one attached hydrogen (secondary N) is 1. The molecule has 1 N–H and O–H groups in total. The molecule has 0 atom stereocenters. The summed E-state index contributed by atoms with van der Waals surface area (Å²) in [6, 6.07) is 72.7. The van der Waals surface area contributed by atoms with E-state index in [0.717, 1.165) is 28.4 Å². The Balaban J connectivity index is 1.03. The van der Waals surface area contributed by atoms with E-state index in [1.54, 1.807) is 0 Å². The Morgan fingerprint density at radius 2 is 0.964 bits per heavy atom. The molecule has 55 heavy (non-hydrogen) atoms. The molecular formula is C53H40N2. The van der Waals surface area contributed by atoms with E-state index < -0.39 is 0 Å². The molecule has 0 bridgehead atoms. The summed E-state index contributed by atoms with van der Waals surface area (Å²) in [5.41, 5.74) is 15.6. The average molecular weight is 705 g/mol. The highest BCUT2D eigenvalue weighted by atomic mass is 15.1. The minimum Gasteiger partial charge on any atom is -0.355 e. The van der Waals surface area contributed by atoms with Gasteiger partial charge in [-0.2, -0.15) is 0 Å². The van der Waals surface area contributed by atoms with Crippen LogP contribution < -0.4 is 10.2 Å². The van der Waals surface area contributed by atoms with Crippen LogP contribution in [-0.2, 0) is 5.41 Å². The molecule has 1 aliphatic carbocycles. The third-order valence-electron chi connectivity index (χ3n) is 11.4. The average Bonchev–Trinajstić information content (AvgIpc) is 3.47. The topological polar surface area (TPSA) is 15.3 Å². The molecule has 10 rings (SSSR count). The minimum absolute atomic E-state index is 0.0984. The SMILES string of the molecule is CC1(C)c2ccccc2-c2ccc(N(c3ccc(Nc4ccccc4-c4cccc5ccccc45)cc3)c3ccc(-c4ccc5ccccc5c4)cc3)cc21. The number of rotatable bonds is 7. The normalized spacial score (nSPS) is 12.7. The zero-order valence-electron chi connectivity index (χ0n) is 31.0. The number of hydrogen-bond donors (Lipinski definition) is 1. The zero-order valence-corrected chi connectivity index (χ0v) is 31.0. The molecule has 2 nitrogen and oxygen atoms in total. The summed E-state index contributed by atoms with van der Waals surface area (Å²) in [7, 11) is 0. The van der Waals surface area contributed by atoms with E-state index in [4.69, 9.17) is 0 Å². The first-order valence-electron chi connectivity index (χ1n) is 19.1. The van der Waals surface area contributed by atoms with E-state index in [1.807, 2.05) is 0 Å². The lowest BCUT2D eigenvalue weighted by Crippen LogP contribution is -2.16. The maximum Gasteiger partial charge on any atom is 0.0465 e. The molecule has 2 heteroatoms. The lowest BCUT2D eigenvalue weighted by atomic mass is 9.82. The van der Waals surface area contributed by atoms with Gasteiger partial charge in [0.15, 0.2) is 0 Å². The van der Waals surface area contributed by atoms with E-state index >= 15 is 0 Å². The minimum atomic E-state index is -0.0984. The van der Waals surface area contributed by atoms with Crippen LogP contribution >= 0.6 is 0 Å². The molecule has 0 saturated heterocycles. The molecular weight excluding hydrogens is 665 g/mol. The van der Waals surface area contributed by atoms with E-state index in [9.17, 15) is 0 Å². The maximum atomic E-state index is 3.76. The second kappa shape index (κ2) is 13.2. The van der Waals surface area contributed by atoms with Crippen molar-refractivity contribution in [3.05, 3.63) is 211 Å². The van der Waals surface area contributed by atoms with E-state index in [0.29, 0.717) is 0 Å². The smallest absolute Gasteiger partial charge is 0.0465 e. The van der Waals surface area contributed by atoms with Crippen LogP contribution in [0.15, 0.2) is 200 Å². The molecule has 0 spiro atoms. The molecule has 0 heterocycles. The van der Waals surface area contributed by atoms with Gasteiger partial charge in [-0.1, -0.05) is 153 Å². The summed E-state index contributed by atoms with van der Waals surface area (Å²) in [6.45, 7) is 4.70. The lowest BCUT2D eigenvalue weighted by Gasteiger charge is -2.28. The van der Waals surface area contributed by atoms with Gasteiger partial charge in [0.25, 0.3) is 0 Å². The first kappa shape index (κ1) is 32.7. The standard InChI is InChI=1S/C53H40N2/c1-53(2)50-20-9-7-17-47(50)48-33-32-44(35-51(48)53)55(42-28-24-37(25-29-42)40-23-22-36-12-3-4-14-39(36)34-40)43-30-26-41(27-31-43)54-52-21-10-8-18-49(52)46-19-11-15-38-13-5-6-16-45(38)46/h3-35,54H,1-2H3. The number of benzene rings is 9. The zero-order chi connectivity index (χ0) is 36.9. The predicted octanol–water partition coefficient (Wildman–Crippen LogP) is 14.8. The molecule has 0 radical (unpaired) electrons. The molecule has 9 aromatic carbocycles. The summed E-state index contributed by atoms with van der Waals surface area (Å²) < 4.78 is 0. The molecule has 0 aliphatic heterocycles. The summed E-state index contributed by atoms with van der Waals surface area (Å²) in [5.74, 6) is 0. The van der Waals surface area contributed by atoms with Crippen LogP contribution in [0.3, 0.4) is 0 Å². The van der Waals surface area contributed by atoms with Gasteiger partial charge in [-0.25, -0.2) is 0 Å². The van der Waals surface area contributed by atoms with Gasteiger partial charge in [-0.3, -0.25) is 0 Å². The number of para-hydroxylation sites is 1. The highest BCUT2D eigenvalue weighted by molar-refractivity contribution is 6.00. The molecule has 0 unspecified atom stereocenters. The van der Waals surface area contributed by atoms with Gasteiger partial charge in [0.2, 0.25) is 0 Å². The van der Waals surface area contributed by atoms with Crippen LogP contribution in [0.4, 0.5) is 28.4 Å². The Kier molecular flexibility index (Phi) is 7.85. The lowest BCUT2D eigenvalue weighted by molar-refractivity contribution is 0.660. The van der Waals surface area contributed by atoms with Crippen LogP contribution in [-0.4, -0.2) is 0 Å². The molecule has 262 valence electrons. The second-order valence-electron chi connectivity index (χ2n) is 15.1. The second-order valence-corrected chi connectivity index (χ2v) is 15.1. The number of nitrogens with zero attached hydrogens (tertiary/aromatic N) is 1. The van der Waals surface area contributed by atoms with Crippen LogP contribution in [0.5, 0.6) is 0 Å². The van der Waals surface area contributed by atoms with Crippen molar-refractivity contribution in [1.29, 1.82) is 0 Å². The van der Waals surface area contributed by atoms with Crippen molar-refractivity contribution < 1.29 is 0 Å². The van der Waals surface area contributed by atoms with Gasteiger partial charge in [-0.05, 0) is 121 Å². The van der Waals surface area contributed by atoms with Crippen molar-refractivity contribution >= 4 is 50.0 Å². The summed E-state index contributed by atoms with van der Waals surface area (Å²) in [6.07, 6.45) is 0. The fourth-order valence-electron chi connectivity index (χ4n) is 8.59. The van der Waals surface area contributed by atoms with Crippen LogP contribution in [0, 0.1) is 0 Å².